The molecular weight excluding hydrogens is 212 g/mol. The standard InChI is InChI=1S/C14H20N2O/c15-12-3-4-14-11(10-12)5-7-16(14)8-6-13-2-1-9-17-13/h3-4,10,13H,1-2,5-9,15H2. The van der Waals surface area contributed by atoms with Crippen LogP contribution in [0.2, 0.25) is 0 Å². The summed E-state index contributed by atoms with van der Waals surface area (Å²) in [5.74, 6) is 0. The molecule has 1 saturated heterocycles. The number of hydrogen-bond donors (Lipinski definition) is 1. The second-order valence-electron chi connectivity index (χ2n) is 5.05. The van der Waals surface area contributed by atoms with E-state index in [2.05, 4.69) is 17.0 Å². The van der Waals surface area contributed by atoms with Crippen molar-refractivity contribution >= 4 is 11.4 Å². The molecule has 17 heavy (non-hydrogen) atoms. The van der Waals surface area contributed by atoms with Crippen LogP contribution in [0.15, 0.2) is 18.2 Å². The Morgan fingerprint density at radius 2 is 2.35 bits per heavy atom. The quantitative estimate of drug-likeness (QED) is 0.812. The first-order valence-corrected chi connectivity index (χ1v) is 6.58. The number of benzene rings is 1. The highest BCUT2D eigenvalue weighted by Crippen LogP contribution is 2.30. The van der Waals surface area contributed by atoms with E-state index >= 15 is 0 Å². The lowest BCUT2D eigenvalue weighted by Gasteiger charge is -2.21. The Kier molecular flexibility index (Phi) is 2.93. The monoisotopic (exact) mass is 232 g/mol. The van der Waals surface area contributed by atoms with Crippen LogP contribution >= 0.6 is 0 Å². The minimum Gasteiger partial charge on any atom is -0.399 e. The van der Waals surface area contributed by atoms with Gasteiger partial charge in [0, 0.05) is 31.1 Å². The van der Waals surface area contributed by atoms with Gasteiger partial charge >= 0.3 is 0 Å². The predicted molar refractivity (Wildman–Crippen MR) is 70.4 cm³/mol. The molecule has 1 aromatic rings. The Labute approximate surface area is 103 Å². The molecule has 1 fully saturated rings. The summed E-state index contributed by atoms with van der Waals surface area (Å²) in [6.07, 6.45) is 5.25. The lowest BCUT2D eigenvalue weighted by atomic mass is 10.1. The first-order valence-electron chi connectivity index (χ1n) is 6.58. The molecule has 2 N–H and O–H groups in total. The molecule has 0 spiro atoms. The van der Waals surface area contributed by atoms with E-state index in [0.29, 0.717) is 6.10 Å². The zero-order valence-electron chi connectivity index (χ0n) is 10.2. The van der Waals surface area contributed by atoms with Crippen molar-refractivity contribution < 1.29 is 4.74 Å². The number of rotatable bonds is 3. The molecule has 3 rings (SSSR count). The van der Waals surface area contributed by atoms with Gasteiger partial charge in [0.2, 0.25) is 0 Å². The molecule has 0 aromatic heterocycles. The van der Waals surface area contributed by atoms with Gasteiger partial charge in [-0.25, -0.2) is 0 Å². The highest BCUT2D eigenvalue weighted by molar-refractivity contribution is 5.62. The minimum atomic E-state index is 0.493. The van der Waals surface area contributed by atoms with E-state index in [1.807, 2.05) is 6.07 Å². The smallest absolute Gasteiger partial charge is 0.0592 e. The van der Waals surface area contributed by atoms with Crippen LogP contribution in [0.4, 0.5) is 11.4 Å². The highest BCUT2D eigenvalue weighted by Gasteiger charge is 2.21. The molecule has 0 saturated carbocycles. The van der Waals surface area contributed by atoms with Crippen LogP contribution in [-0.4, -0.2) is 25.8 Å². The first kappa shape index (κ1) is 10.9. The Balaban J connectivity index is 1.63. The average Bonchev–Trinajstić information content (AvgIpc) is 2.94. The summed E-state index contributed by atoms with van der Waals surface area (Å²) >= 11 is 0. The third-order valence-corrected chi connectivity index (χ3v) is 3.84. The van der Waals surface area contributed by atoms with Gasteiger partial charge in [-0.1, -0.05) is 0 Å². The van der Waals surface area contributed by atoms with Gasteiger partial charge in [-0.3, -0.25) is 0 Å². The lowest BCUT2D eigenvalue weighted by molar-refractivity contribution is 0.106. The van der Waals surface area contributed by atoms with Crippen LogP contribution in [0.25, 0.3) is 0 Å². The maximum atomic E-state index is 5.81. The largest absolute Gasteiger partial charge is 0.399 e. The van der Waals surface area contributed by atoms with Crippen LogP contribution in [0.1, 0.15) is 24.8 Å². The zero-order chi connectivity index (χ0) is 11.7. The molecule has 0 amide bonds. The molecule has 1 unspecified atom stereocenters. The topological polar surface area (TPSA) is 38.5 Å². The maximum absolute atomic E-state index is 5.81. The van der Waals surface area contributed by atoms with Gasteiger partial charge in [0.05, 0.1) is 6.10 Å². The van der Waals surface area contributed by atoms with E-state index in [-0.39, 0.29) is 0 Å². The van der Waals surface area contributed by atoms with Crippen molar-refractivity contribution in [1.82, 2.24) is 0 Å². The molecule has 2 heterocycles. The molecule has 2 aliphatic rings. The van der Waals surface area contributed by atoms with Crippen LogP contribution in [0.3, 0.4) is 0 Å². The lowest BCUT2D eigenvalue weighted by Crippen LogP contribution is -2.25. The van der Waals surface area contributed by atoms with Crippen LogP contribution in [0, 0.1) is 0 Å². The molecule has 1 aromatic carbocycles. The van der Waals surface area contributed by atoms with Crippen molar-refractivity contribution in [2.24, 2.45) is 0 Å². The second kappa shape index (κ2) is 4.57. The minimum absolute atomic E-state index is 0.493. The third kappa shape index (κ3) is 2.25. The van der Waals surface area contributed by atoms with Crippen LogP contribution in [0.5, 0.6) is 0 Å². The number of nitrogens with two attached hydrogens (primary N) is 1. The van der Waals surface area contributed by atoms with E-state index in [9.17, 15) is 0 Å². The van der Waals surface area contributed by atoms with Crippen LogP contribution in [-0.2, 0) is 11.2 Å². The number of fused-ring (bicyclic) bond motifs is 1. The fraction of sp³-hybridized carbons (Fsp3) is 0.571. The molecule has 0 bridgehead atoms. The molecule has 3 nitrogen and oxygen atoms in total. The van der Waals surface area contributed by atoms with E-state index in [1.165, 1.54) is 24.1 Å². The van der Waals surface area contributed by atoms with Gasteiger partial charge in [0.1, 0.15) is 0 Å². The Morgan fingerprint density at radius 3 is 3.18 bits per heavy atom. The molecule has 2 aliphatic heterocycles. The van der Waals surface area contributed by atoms with Gasteiger partial charge < -0.3 is 15.4 Å². The van der Waals surface area contributed by atoms with E-state index in [4.69, 9.17) is 10.5 Å². The SMILES string of the molecule is Nc1ccc2c(c1)CCN2CCC1CCCO1. The zero-order valence-corrected chi connectivity index (χ0v) is 10.2. The van der Waals surface area contributed by atoms with Crippen molar-refractivity contribution in [3.63, 3.8) is 0 Å². The van der Waals surface area contributed by atoms with E-state index in [0.717, 1.165) is 38.2 Å². The normalized spacial score (nSPS) is 23.1. The Bertz CT molecular complexity index is 399. The molecule has 1 atom stereocenters. The molecule has 92 valence electrons. The third-order valence-electron chi connectivity index (χ3n) is 3.84. The molecular formula is C14H20N2O. The summed E-state index contributed by atoms with van der Waals surface area (Å²) < 4.78 is 5.67. The highest BCUT2D eigenvalue weighted by atomic mass is 16.5. The summed E-state index contributed by atoms with van der Waals surface area (Å²) in [5, 5.41) is 0. The van der Waals surface area contributed by atoms with Gasteiger partial charge in [-0.15, -0.1) is 0 Å². The number of nitrogen functional groups attached to an aromatic ring is 1. The molecule has 3 heteroatoms. The summed E-state index contributed by atoms with van der Waals surface area (Å²) in [5.41, 5.74) is 9.46. The summed E-state index contributed by atoms with van der Waals surface area (Å²) in [7, 11) is 0. The summed E-state index contributed by atoms with van der Waals surface area (Å²) in [6.45, 7) is 3.20. The predicted octanol–water partition coefficient (Wildman–Crippen LogP) is 2.20. The average molecular weight is 232 g/mol. The summed E-state index contributed by atoms with van der Waals surface area (Å²) in [4.78, 5) is 2.47. The first-order chi connectivity index (χ1) is 8.33. The van der Waals surface area contributed by atoms with Crippen molar-refractivity contribution in [1.29, 1.82) is 0 Å². The van der Waals surface area contributed by atoms with Crippen molar-refractivity contribution in [3.05, 3.63) is 23.8 Å². The molecule has 0 radical (unpaired) electrons. The fourth-order valence-corrected chi connectivity index (χ4v) is 2.89. The maximum Gasteiger partial charge on any atom is 0.0592 e. The number of nitrogens with zero attached hydrogens (tertiary/aromatic N) is 1. The molecule has 0 aliphatic carbocycles. The van der Waals surface area contributed by atoms with Crippen molar-refractivity contribution in [2.75, 3.05) is 30.3 Å². The van der Waals surface area contributed by atoms with Crippen molar-refractivity contribution in [3.8, 4) is 0 Å². The fourth-order valence-electron chi connectivity index (χ4n) is 2.89. The Morgan fingerprint density at radius 1 is 1.41 bits per heavy atom. The van der Waals surface area contributed by atoms with Gasteiger partial charge in [0.15, 0.2) is 0 Å². The Hall–Kier alpha value is -1.22. The van der Waals surface area contributed by atoms with Gasteiger partial charge in [-0.2, -0.15) is 0 Å². The number of hydrogen-bond acceptors (Lipinski definition) is 3. The van der Waals surface area contributed by atoms with E-state index < -0.39 is 0 Å². The second-order valence-corrected chi connectivity index (χ2v) is 5.05. The summed E-state index contributed by atoms with van der Waals surface area (Å²) in [6, 6.07) is 6.28. The van der Waals surface area contributed by atoms with Crippen molar-refractivity contribution in [2.45, 2.75) is 31.8 Å². The van der Waals surface area contributed by atoms with Gasteiger partial charge in [-0.05, 0) is 49.4 Å². The van der Waals surface area contributed by atoms with Gasteiger partial charge in [0.25, 0.3) is 0 Å². The van der Waals surface area contributed by atoms with E-state index in [1.54, 1.807) is 0 Å². The number of anilines is 2. The van der Waals surface area contributed by atoms with Crippen LogP contribution < -0.4 is 10.6 Å². The number of ether oxygens (including phenoxy) is 1.